The van der Waals surface area contributed by atoms with E-state index in [-0.39, 0.29) is 11.9 Å². The van der Waals surface area contributed by atoms with E-state index in [1.165, 1.54) is 5.56 Å². The fourth-order valence-corrected chi connectivity index (χ4v) is 2.98. The number of hydrogen-bond donors (Lipinski definition) is 1. The van der Waals surface area contributed by atoms with Crippen LogP contribution in [0.5, 0.6) is 5.75 Å². The molecule has 2 aromatic carbocycles. The number of aromatic nitrogens is 2. The summed E-state index contributed by atoms with van der Waals surface area (Å²) < 4.78 is 11.4. The van der Waals surface area contributed by atoms with Gasteiger partial charge in [-0.15, -0.1) is 5.10 Å². The number of ether oxygens (including phenoxy) is 1. The highest BCUT2D eigenvalue weighted by atomic mass is 79.9. The molecule has 0 aliphatic rings. The molecule has 3 rings (SSSR count). The van der Waals surface area contributed by atoms with Crippen LogP contribution in [0.3, 0.4) is 0 Å². The minimum absolute atomic E-state index is 0.0597. The molecule has 1 amide bonds. The van der Waals surface area contributed by atoms with E-state index in [1.807, 2.05) is 26.0 Å². The number of hydrogen-bond acceptors (Lipinski definition) is 5. The number of carbonyl (C=O) groups is 1. The van der Waals surface area contributed by atoms with Gasteiger partial charge >= 0.3 is 6.01 Å². The van der Waals surface area contributed by atoms with Crippen molar-refractivity contribution in [2.45, 2.75) is 20.3 Å². The standard InChI is InChI=1S/C19H18BrN3O3/c1-11-4-5-13(12(2)8-11)9-17-22-23-19(26-17)21-18(24)15-10-14(25-3)6-7-16(15)20/h4-8,10H,9H2,1-3H3,(H,21,23,24). The summed E-state index contributed by atoms with van der Waals surface area (Å²) in [5, 5.41) is 10.5. The van der Waals surface area contributed by atoms with Crippen LogP contribution in [-0.4, -0.2) is 23.2 Å². The first-order valence-electron chi connectivity index (χ1n) is 7.99. The first kappa shape index (κ1) is 18.1. The van der Waals surface area contributed by atoms with E-state index < -0.39 is 0 Å². The zero-order chi connectivity index (χ0) is 18.7. The Bertz CT molecular complexity index is 953. The van der Waals surface area contributed by atoms with Gasteiger partial charge in [0.15, 0.2) is 0 Å². The van der Waals surface area contributed by atoms with Crippen LogP contribution in [0.15, 0.2) is 45.3 Å². The van der Waals surface area contributed by atoms with Crippen LogP contribution in [0.2, 0.25) is 0 Å². The second kappa shape index (κ2) is 7.70. The molecule has 0 unspecified atom stereocenters. The molecular formula is C19H18BrN3O3. The van der Waals surface area contributed by atoms with Crippen molar-refractivity contribution >= 4 is 27.9 Å². The first-order valence-corrected chi connectivity index (χ1v) is 8.79. The van der Waals surface area contributed by atoms with Gasteiger partial charge in [-0.3, -0.25) is 10.1 Å². The van der Waals surface area contributed by atoms with Crippen LogP contribution >= 0.6 is 15.9 Å². The lowest BCUT2D eigenvalue weighted by atomic mass is 10.0. The van der Waals surface area contributed by atoms with Gasteiger partial charge in [-0.25, -0.2) is 0 Å². The Morgan fingerprint density at radius 1 is 1.19 bits per heavy atom. The number of rotatable bonds is 5. The summed E-state index contributed by atoms with van der Waals surface area (Å²) in [7, 11) is 1.54. The van der Waals surface area contributed by atoms with Gasteiger partial charge in [0, 0.05) is 4.47 Å². The number of amides is 1. The summed E-state index contributed by atoms with van der Waals surface area (Å²) in [5.74, 6) is 0.661. The van der Waals surface area contributed by atoms with Crippen LogP contribution in [0.4, 0.5) is 6.01 Å². The van der Waals surface area contributed by atoms with E-state index in [0.29, 0.717) is 28.1 Å². The molecule has 7 heteroatoms. The topological polar surface area (TPSA) is 77.2 Å². The van der Waals surface area contributed by atoms with Crippen molar-refractivity contribution in [3.8, 4) is 5.75 Å². The molecule has 0 atom stereocenters. The van der Waals surface area contributed by atoms with E-state index >= 15 is 0 Å². The Balaban J connectivity index is 1.73. The summed E-state index contributed by atoms with van der Waals surface area (Å²) in [6.45, 7) is 4.09. The van der Waals surface area contributed by atoms with Crippen LogP contribution in [-0.2, 0) is 6.42 Å². The van der Waals surface area contributed by atoms with Crippen molar-refractivity contribution in [3.05, 3.63) is 69.0 Å². The fourth-order valence-electron chi connectivity index (χ4n) is 2.55. The average Bonchev–Trinajstić information content (AvgIpc) is 3.04. The number of nitrogens with zero attached hydrogens (tertiary/aromatic N) is 2. The van der Waals surface area contributed by atoms with Crippen molar-refractivity contribution in [1.82, 2.24) is 10.2 Å². The molecule has 0 saturated heterocycles. The molecule has 6 nitrogen and oxygen atoms in total. The van der Waals surface area contributed by atoms with Gasteiger partial charge in [0.2, 0.25) is 5.89 Å². The lowest BCUT2D eigenvalue weighted by molar-refractivity contribution is 0.102. The van der Waals surface area contributed by atoms with Crippen molar-refractivity contribution < 1.29 is 13.9 Å². The summed E-state index contributed by atoms with van der Waals surface area (Å²) in [6, 6.07) is 11.4. The summed E-state index contributed by atoms with van der Waals surface area (Å²) in [4.78, 5) is 12.4. The van der Waals surface area contributed by atoms with Gasteiger partial charge in [-0.2, -0.15) is 0 Å². The van der Waals surface area contributed by atoms with Gasteiger partial charge in [0.25, 0.3) is 5.91 Å². The molecule has 0 aliphatic heterocycles. The highest BCUT2D eigenvalue weighted by Gasteiger charge is 2.15. The molecule has 0 fully saturated rings. The molecule has 1 N–H and O–H groups in total. The summed E-state index contributed by atoms with van der Waals surface area (Å²) >= 11 is 3.35. The third-order valence-electron chi connectivity index (χ3n) is 3.95. The zero-order valence-corrected chi connectivity index (χ0v) is 16.3. The molecule has 1 heterocycles. The average molecular weight is 416 g/mol. The number of carbonyl (C=O) groups excluding carboxylic acids is 1. The molecule has 26 heavy (non-hydrogen) atoms. The van der Waals surface area contributed by atoms with E-state index in [1.54, 1.807) is 25.3 Å². The summed E-state index contributed by atoms with van der Waals surface area (Å²) in [6.07, 6.45) is 0.512. The van der Waals surface area contributed by atoms with E-state index in [9.17, 15) is 4.79 Å². The number of halogens is 1. The first-order chi connectivity index (χ1) is 12.5. The second-order valence-corrected chi connectivity index (χ2v) is 6.76. The number of anilines is 1. The van der Waals surface area contributed by atoms with Crippen molar-refractivity contribution in [2.24, 2.45) is 0 Å². The number of nitrogens with one attached hydrogen (secondary N) is 1. The fraction of sp³-hybridized carbons (Fsp3) is 0.211. The van der Waals surface area contributed by atoms with Crippen molar-refractivity contribution in [2.75, 3.05) is 12.4 Å². The highest BCUT2D eigenvalue weighted by molar-refractivity contribution is 9.10. The van der Waals surface area contributed by atoms with Crippen LogP contribution < -0.4 is 10.1 Å². The monoisotopic (exact) mass is 415 g/mol. The van der Waals surface area contributed by atoms with Gasteiger partial charge in [-0.1, -0.05) is 28.9 Å². The highest BCUT2D eigenvalue weighted by Crippen LogP contribution is 2.23. The van der Waals surface area contributed by atoms with Gasteiger partial charge < -0.3 is 9.15 Å². The lowest BCUT2D eigenvalue weighted by Crippen LogP contribution is -2.13. The molecule has 0 saturated carbocycles. The van der Waals surface area contributed by atoms with Crippen LogP contribution in [0.1, 0.15) is 32.9 Å². The van der Waals surface area contributed by atoms with Gasteiger partial charge in [-0.05, 0) is 59.1 Å². The van der Waals surface area contributed by atoms with Crippen molar-refractivity contribution in [3.63, 3.8) is 0 Å². The van der Waals surface area contributed by atoms with E-state index in [0.717, 1.165) is 11.1 Å². The largest absolute Gasteiger partial charge is 0.497 e. The molecule has 0 aliphatic carbocycles. The second-order valence-electron chi connectivity index (χ2n) is 5.91. The predicted molar refractivity (Wildman–Crippen MR) is 102 cm³/mol. The Hall–Kier alpha value is -2.67. The molecule has 0 radical (unpaired) electrons. The third kappa shape index (κ3) is 4.11. The molecule has 0 spiro atoms. The maximum Gasteiger partial charge on any atom is 0.322 e. The normalized spacial score (nSPS) is 10.6. The van der Waals surface area contributed by atoms with Gasteiger partial charge in [0.1, 0.15) is 5.75 Å². The third-order valence-corrected chi connectivity index (χ3v) is 4.64. The Labute approximate surface area is 159 Å². The van der Waals surface area contributed by atoms with Gasteiger partial charge in [0.05, 0.1) is 19.1 Å². The Morgan fingerprint density at radius 2 is 2.00 bits per heavy atom. The molecule has 3 aromatic rings. The minimum atomic E-state index is -0.363. The molecular weight excluding hydrogens is 398 g/mol. The molecule has 0 bridgehead atoms. The van der Waals surface area contributed by atoms with Crippen LogP contribution in [0.25, 0.3) is 0 Å². The van der Waals surface area contributed by atoms with E-state index in [4.69, 9.17) is 9.15 Å². The maximum atomic E-state index is 12.4. The Morgan fingerprint density at radius 3 is 2.73 bits per heavy atom. The summed E-state index contributed by atoms with van der Waals surface area (Å²) in [5.41, 5.74) is 3.88. The number of methoxy groups -OCH3 is 1. The Kier molecular flexibility index (Phi) is 5.37. The molecule has 1 aromatic heterocycles. The quantitative estimate of drug-likeness (QED) is 0.671. The number of aryl methyl sites for hydroxylation is 2. The maximum absolute atomic E-state index is 12.4. The lowest BCUT2D eigenvalue weighted by Gasteiger charge is -2.06. The van der Waals surface area contributed by atoms with E-state index in [2.05, 4.69) is 37.5 Å². The smallest absolute Gasteiger partial charge is 0.322 e. The van der Waals surface area contributed by atoms with Crippen molar-refractivity contribution in [1.29, 1.82) is 0 Å². The molecule has 134 valence electrons. The zero-order valence-electron chi connectivity index (χ0n) is 14.7. The minimum Gasteiger partial charge on any atom is -0.497 e. The van der Waals surface area contributed by atoms with Crippen LogP contribution in [0, 0.1) is 13.8 Å². The predicted octanol–water partition coefficient (Wildman–Crippen LogP) is 4.30. The number of benzene rings is 2. The SMILES string of the molecule is COc1ccc(Br)c(C(=O)Nc2nnc(Cc3ccc(C)cc3C)o2)c1.